The second-order valence-electron chi connectivity index (χ2n) is 8.66. The van der Waals surface area contributed by atoms with Crippen LogP contribution in [0.3, 0.4) is 0 Å². The molecule has 20 heavy (non-hydrogen) atoms. The minimum atomic E-state index is -0.170. The maximum Gasteiger partial charge on any atom is 0.243 e. The quantitative estimate of drug-likeness (QED) is 0.899. The van der Waals surface area contributed by atoms with Gasteiger partial charge in [0.15, 0.2) is 5.82 Å². The van der Waals surface area contributed by atoms with Gasteiger partial charge >= 0.3 is 0 Å². The molecular weight excluding hydrogens is 250 g/mol. The number of aromatic nitrogens is 2. The van der Waals surface area contributed by atoms with E-state index in [1.54, 1.807) is 0 Å². The first-order valence-electron chi connectivity index (χ1n) is 7.91. The van der Waals surface area contributed by atoms with Crippen molar-refractivity contribution < 1.29 is 4.52 Å². The molecule has 1 heterocycles. The molecule has 0 radical (unpaired) electrons. The van der Waals surface area contributed by atoms with E-state index in [-0.39, 0.29) is 11.5 Å². The zero-order valence-electron chi connectivity index (χ0n) is 12.8. The van der Waals surface area contributed by atoms with Gasteiger partial charge in [-0.3, -0.25) is 0 Å². The molecule has 4 fully saturated rings. The van der Waals surface area contributed by atoms with Crippen LogP contribution in [-0.2, 0) is 5.41 Å². The number of rotatable bonds is 2. The Morgan fingerprint density at radius 2 is 1.80 bits per heavy atom. The Kier molecular flexibility index (Phi) is 2.34. The van der Waals surface area contributed by atoms with Gasteiger partial charge in [-0.2, -0.15) is 4.98 Å². The van der Waals surface area contributed by atoms with Gasteiger partial charge in [0.2, 0.25) is 5.89 Å². The van der Waals surface area contributed by atoms with Gasteiger partial charge in [-0.1, -0.05) is 19.0 Å². The standard InChI is InChI=1S/C16H25N3O/c1-10(17)12-18-13(19-20-12)16-6-11-4-14(2,8-16)7-15(3,5-11)9-16/h10-11H,4-9,17H2,1-3H3/t10-,11?,14?,15?,16?/m1/s1. The van der Waals surface area contributed by atoms with Crippen LogP contribution in [0.5, 0.6) is 0 Å². The first kappa shape index (κ1) is 12.8. The lowest BCUT2D eigenvalue weighted by atomic mass is 9.40. The van der Waals surface area contributed by atoms with Crippen molar-refractivity contribution >= 4 is 0 Å². The van der Waals surface area contributed by atoms with E-state index in [0.717, 1.165) is 11.7 Å². The van der Waals surface area contributed by atoms with Crippen molar-refractivity contribution in [1.82, 2.24) is 10.1 Å². The Bertz CT molecular complexity index is 532. The zero-order valence-corrected chi connectivity index (χ0v) is 12.8. The summed E-state index contributed by atoms with van der Waals surface area (Å²) >= 11 is 0. The van der Waals surface area contributed by atoms with E-state index < -0.39 is 0 Å². The molecule has 0 amide bonds. The third-order valence-electron chi connectivity index (χ3n) is 5.93. The molecule has 4 aliphatic carbocycles. The van der Waals surface area contributed by atoms with Crippen LogP contribution in [0.2, 0.25) is 0 Å². The van der Waals surface area contributed by atoms with Crippen molar-refractivity contribution in [3.05, 3.63) is 11.7 Å². The topological polar surface area (TPSA) is 64.9 Å². The van der Waals surface area contributed by atoms with E-state index in [1.807, 2.05) is 6.92 Å². The summed E-state index contributed by atoms with van der Waals surface area (Å²) < 4.78 is 5.40. The molecule has 1 aromatic rings. The average Bonchev–Trinajstić information content (AvgIpc) is 2.72. The SMILES string of the molecule is C[C@@H](N)c1nc(C23CC4CC(C)(CC(C)(C4)C2)C3)no1. The van der Waals surface area contributed by atoms with Crippen LogP contribution in [-0.4, -0.2) is 10.1 Å². The van der Waals surface area contributed by atoms with E-state index in [2.05, 4.69) is 24.0 Å². The van der Waals surface area contributed by atoms with E-state index in [0.29, 0.717) is 16.7 Å². The lowest BCUT2D eigenvalue weighted by Gasteiger charge is -2.64. The fraction of sp³-hybridized carbons (Fsp3) is 0.875. The molecular formula is C16H25N3O. The number of hydrogen-bond acceptors (Lipinski definition) is 4. The van der Waals surface area contributed by atoms with E-state index in [4.69, 9.17) is 10.3 Å². The molecule has 110 valence electrons. The van der Waals surface area contributed by atoms with Crippen LogP contribution in [0, 0.1) is 16.7 Å². The van der Waals surface area contributed by atoms with Gasteiger partial charge in [0.05, 0.1) is 6.04 Å². The maximum absolute atomic E-state index is 5.87. The normalized spacial score (nSPS) is 47.7. The average molecular weight is 275 g/mol. The Hall–Kier alpha value is -0.900. The summed E-state index contributed by atoms with van der Waals surface area (Å²) in [6.45, 7) is 6.84. The smallest absolute Gasteiger partial charge is 0.243 e. The molecule has 4 bridgehead atoms. The second kappa shape index (κ2) is 3.65. The van der Waals surface area contributed by atoms with Crippen LogP contribution in [0.25, 0.3) is 0 Å². The van der Waals surface area contributed by atoms with Gasteiger partial charge in [-0.05, 0) is 62.2 Å². The van der Waals surface area contributed by atoms with Crippen LogP contribution in [0.15, 0.2) is 4.52 Å². The van der Waals surface area contributed by atoms with Gasteiger partial charge in [0.25, 0.3) is 0 Å². The zero-order chi connectivity index (χ0) is 14.2. The van der Waals surface area contributed by atoms with Crippen molar-refractivity contribution in [2.45, 2.75) is 70.8 Å². The van der Waals surface area contributed by atoms with Crippen molar-refractivity contribution in [2.24, 2.45) is 22.5 Å². The Morgan fingerprint density at radius 3 is 2.30 bits per heavy atom. The lowest BCUT2D eigenvalue weighted by Crippen LogP contribution is -2.57. The van der Waals surface area contributed by atoms with Gasteiger partial charge < -0.3 is 10.3 Å². The van der Waals surface area contributed by atoms with Crippen molar-refractivity contribution in [1.29, 1.82) is 0 Å². The molecule has 5 rings (SSSR count). The largest absolute Gasteiger partial charge is 0.338 e. The highest BCUT2D eigenvalue weighted by Gasteiger charge is 2.62. The van der Waals surface area contributed by atoms with Crippen molar-refractivity contribution in [3.8, 4) is 0 Å². The minimum absolute atomic E-state index is 0.152. The number of nitrogens with zero attached hydrogens (tertiary/aromatic N) is 2. The third kappa shape index (κ3) is 1.70. The first-order chi connectivity index (χ1) is 9.32. The molecule has 0 aliphatic heterocycles. The second-order valence-corrected chi connectivity index (χ2v) is 8.66. The lowest BCUT2D eigenvalue weighted by molar-refractivity contribution is -0.113. The molecule has 0 aromatic carbocycles. The highest BCUT2D eigenvalue weighted by Crippen LogP contribution is 2.69. The Morgan fingerprint density at radius 1 is 1.15 bits per heavy atom. The van der Waals surface area contributed by atoms with E-state index in [1.165, 1.54) is 38.5 Å². The van der Waals surface area contributed by atoms with E-state index >= 15 is 0 Å². The van der Waals surface area contributed by atoms with Crippen LogP contribution < -0.4 is 5.73 Å². The number of nitrogens with two attached hydrogens (primary N) is 1. The highest BCUT2D eigenvalue weighted by atomic mass is 16.5. The van der Waals surface area contributed by atoms with E-state index in [9.17, 15) is 0 Å². The predicted octanol–water partition coefficient (Wildman–Crippen LogP) is 3.34. The summed E-state index contributed by atoms with van der Waals surface area (Å²) in [7, 11) is 0. The summed E-state index contributed by atoms with van der Waals surface area (Å²) in [5.74, 6) is 2.37. The molecule has 4 heteroatoms. The van der Waals surface area contributed by atoms with Crippen LogP contribution in [0.4, 0.5) is 0 Å². The third-order valence-corrected chi connectivity index (χ3v) is 5.93. The summed E-state index contributed by atoms with van der Waals surface area (Å²) in [5.41, 5.74) is 6.98. The van der Waals surface area contributed by atoms with Crippen molar-refractivity contribution in [3.63, 3.8) is 0 Å². The molecule has 0 spiro atoms. The highest BCUT2D eigenvalue weighted by molar-refractivity contribution is 5.21. The molecule has 1 aromatic heterocycles. The molecule has 4 nitrogen and oxygen atoms in total. The van der Waals surface area contributed by atoms with Crippen molar-refractivity contribution in [2.75, 3.05) is 0 Å². The monoisotopic (exact) mass is 275 g/mol. The van der Waals surface area contributed by atoms with Gasteiger partial charge in [-0.15, -0.1) is 0 Å². The van der Waals surface area contributed by atoms with Gasteiger partial charge in [-0.25, -0.2) is 0 Å². The van der Waals surface area contributed by atoms with Gasteiger partial charge in [0, 0.05) is 5.41 Å². The predicted molar refractivity (Wildman–Crippen MR) is 76.0 cm³/mol. The van der Waals surface area contributed by atoms with Gasteiger partial charge in [0.1, 0.15) is 0 Å². The molecule has 2 N–H and O–H groups in total. The fourth-order valence-corrected chi connectivity index (χ4v) is 6.33. The van der Waals surface area contributed by atoms with Crippen LogP contribution in [0.1, 0.15) is 77.1 Å². The molecule has 4 aliphatic rings. The maximum atomic E-state index is 5.87. The number of hydrogen-bond donors (Lipinski definition) is 1. The summed E-state index contributed by atoms with van der Waals surface area (Å²) in [6, 6.07) is -0.170. The Labute approximate surface area is 120 Å². The van der Waals surface area contributed by atoms with Crippen LogP contribution >= 0.6 is 0 Å². The molecule has 4 saturated carbocycles. The summed E-state index contributed by atoms with van der Waals surface area (Å²) in [4.78, 5) is 4.66. The summed E-state index contributed by atoms with van der Waals surface area (Å²) in [6.07, 6.45) is 7.85. The molecule has 2 unspecified atom stereocenters. The first-order valence-corrected chi connectivity index (χ1v) is 7.91. The molecule has 3 atom stereocenters. The fourth-order valence-electron chi connectivity index (χ4n) is 6.33. The Balaban J connectivity index is 1.76. The molecule has 0 saturated heterocycles. The minimum Gasteiger partial charge on any atom is -0.338 e. The summed E-state index contributed by atoms with van der Waals surface area (Å²) in [5, 5.41) is 4.32.